The number of hydrogen-bond donors (Lipinski definition) is 0. The van der Waals surface area contributed by atoms with Gasteiger partial charge in [0, 0.05) is 45.5 Å². The van der Waals surface area contributed by atoms with Gasteiger partial charge in [-0.15, -0.1) is 0 Å². The third kappa shape index (κ3) is 3.49. The first-order chi connectivity index (χ1) is 12.2. The summed E-state index contributed by atoms with van der Waals surface area (Å²) < 4.78 is 39.3. The zero-order valence-electron chi connectivity index (χ0n) is 14.7. The highest BCUT2D eigenvalue weighted by Crippen LogP contribution is 2.29. The number of nitrogens with zero attached hydrogens (tertiary/aromatic N) is 6. The SMILES string of the molecule is Cc1cnc(C)c(N2CCN(C(=O)c3cc(C(F)(F)F)n(C)n3)CC2)n1. The van der Waals surface area contributed by atoms with Gasteiger partial charge in [-0.2, -0.15) is 18.3 Å². The molecule has 0 radical (unpaired) electrons. The van der Waals surface area contributed by atoms with Crippen molar-refractivity contribution in [1.29, 1.82) is 0 Å². The molecule has 0 N–H and O–H groups in total. The van der Waals surface area contributed by atoms with Gasteiger partial charge in [0.15, 0.2) is 5.69 Å². The molecule has 140 valence electrons. The fraction of sp³-hybridized carbons (Fsp3) is 0.500. The van der Waals surface area contributed by atoms with Crippen molar-refractivity contribution in [3.63, 3.8) is 0 Å². The van der Waals surface area contributed by atoms with Crippen LogP contribution in [0.1, 0.15) is 27.6 Å². The van der Waals surface area contributed by atoms with Crippen molar-refractivity contribution in [3.8, 4) is 0 Å². The summed E-state index contributed by atoms with van der Waals surface area (Å²) in [4.78, 5) is 24.8. The normalized spacial score (nSPS) is 15.5. The maximum Gasteiger partial charge on any atom is 0.433 e. The molecule has 0 unspecified atom stereocenters. The lowest BCUT2D eigenvalue weighted by molar-refractivity contribution is -0.143. The number of rotatable bonds is 2. The van der Waals surface area contributed by atoms with E-state index >= 15 is 0 Å². The van der Waals surface area contributed by atoms with Crippen LogP contribution in [0.3, 0.4) is 0 Å². The summed E-state index contributed by atoms with van der Waals surface area (Å²) in [6.45, 7) is 5.55. The molecular weight excluding hydrogens is 349 g/mol. The smallest absolute Gasteiger partial charge is 0.352 e. The Bertz CT molecular complexity index is 824. The van der Waals surface area contributed by atoms with E-state index in [1.54, 1.807) is 6.20 Å². The first-order valence-electron chi connectivity index (χ1n) is 8.12. The second kappa shape index (κ2) is 6.58. The molecule has 1 saturated heterocycles. The molecular formula is C16H19F3N6O. The fourth-order valence-electron chi connectivity index (χ4n) is 2.94. The number of hydrogen-bond acceptors (Lipinski definition) is 5. The molecule has 3 heterocycles. The van der Waals surface area contributed by atoms with Gasteiger partial charge in [0.2, 0.25) is 0 Å². The molecule has 0 saturated carbocycles. The molecule has 0 bridgehead atoms. The molecule has 2 aromatic rings. The molecule has 3 rings (SSSR count). The second-order valence-corrected chi connectivity index (χ2v) is 6.24. The van der Waals surface area contributed by atoms with Crippen LogP contribution in [0, 0.1) is 13.8 Å². The molecule has 1 fully saturated rings. The van der Waals surface area contributed by atoms with Crippen LogP contribution < -0.4 is 4.90 Å². The molecule has 0 aromatic carbocycles. The summed E-state index contributed by atoms with van der Waals surface area (Å²) in [5, 5.41) is 3.72. The van der Waals surface area contributed by atoms with E-state index < -0.39 is 17.8 Å². The first-order valence-corrected chi connectivity index (χ1v) is 8.12. The van der Waals surface area contributed by atoms with E-state index in [2.05, 4.69) is 15.1 Å². The van der Waals surface area contributed by atoms with Gasteiger partial charge in [0.05, 0.1) is 11.4 Å². The highest BCUT2D eigenvalue weighted by molar-refractivity contribution is 5.92. The van der Waals surface area contributed by atoms with Crippen molar-refractivity contribution in [3.05, 3.63) is 35.0 Å². The van der Waals surface area contributed by atoms with Crippen molar-refractivity contribution >= 4 is 11.7 Å². The Hall–Kier alpha value is -2.65. The van der Waals surface area contributed by atoms with Crippen molar-refractivity contribution in [2.24, 2.45) is 7.05 Å². The minimum absolute atomic E-state index is 0.195. The summed E-state index contributed by atoms with van der Waals surface area (Å²) in [6, 6.07) is 0.797. The quantitative estimate of drug-likeness (QED) is 0.809. The highest BCUT2D eigenvalue weighted by Gasteiger charge is 2.36. The van der Waals surface area contributed by atoms with Gasteiger partial charge in [0.1, 0.15) is 11.5 Å². The summed E-state index contributed by atoms with van der Waals surface area (Å²) >= 11 is 0. The van der Waals surface area contributed by atoms with Gasteiger partial charge in [-0.1, -0.05) is 0 Å². The molecule has 2 aromatic heterocycles. The van der Waals surface area contributed by atoms with Gasteiger partial charge in [-0.3, -0.25) is 14.5 Å². The van der Waals surface area contributed by atoms with Crippen molar-refractivity contribution < 1.29 is 18.0 Å². The van der Waals surface area contributed by atoms with Gasteiger partial charge < -0.3 is 9.80 Å². The standard InChI is InChI=1S/C16H19F3N6O/c1-10-9-20-11(2)14(21-10)24-4-6-25(7-5-24)15(26)12-8-13(16(17,18)19)23(3)22-12/h8-9H,4-7H2,1-3H3. The Labute approximate surface area is 148 Å². The number of amides is 1. The van der Waals surface area contributed by atoms with E-state index in [1.165, 1.54) is 11.9 Å². The minimum Gasteiger partial charge on any atom is -0.352 e. The number of alkyl halides is 3. The number of anilines is 1. The summed E-state index contributed by atoms with van der Waals surface area (Å²) in [7, 11) is 1.18. The van der Waals surface area contributed by atoms with E-state index in [1.807, 2.05) is 18.7 Å². The van der Waals surface area contributed by atoms with Gasteiger partial charge in [-0.05, 0) is 13.8 Å². The lowest BCUT2D eigenvalue weighted by Crippen LogP contribution is -2.49. The molecule has 26 heavy (non-hydrogen) atoms. The van der Waals surface area contributed by atoms with Gasteiger partial charge in [0.25, 0.3) is 5.91 Å². The largest absolute Gasteiger partial charge is 0.433 e. The van der Waals surface area contributed by atoms with Crippen LogP contribution in [-0.2, 0) is 13.2 Å². The van der Waals surface area contributed by atoms with Crippen LogP contribution in [0.4, 0.5) is 19.0 Å². The molecule has 1 aliphatic heterocycles. The predicted octanol–water partition coefficient (Wildman–Crippen LogP) is 1.81. The Kier molecular flexibility index (Phi) is 4.59. The molecule has 0 aliphatic carbocycles. The van der Waals surface area contributed by atoms with E-state index in [9.17, 15) is 18.0 Å². The van der Waals surface area contributed by atoms with Crippen LogP contribution in [0.5, 0.6) is 0 Å². The van der Waals surface area contributed by atoms with Crippen molar-refractivity contribution in [2.45, 2.75) is 20.0 Å². The molecule has 10 heteroatoms. The van der Waals surface area contributed by atoms with Crippen LogP contribution in [-0.4, -0.2) is 56.7 Å². The third-order valence-corrected chi connectivity index (χ3v) is 4.31. The van der Waals surface area contributed by atoms with Crippen LogP contribution >= 0.6 is 0 Å². The second-order valence-electron chi connectivity index (χ2n) is 6.24. The Morgan fingerprint density at radius 3 is 2.38 bits per heavy atom. The number of carbonyl (C=O) groups excluding carboxylic acids is 1. The number of piperazine rings is 1. The average molecular weight is 368 g/mol. The van der Waals surface area contributed by atoms with E-state index in [0.29, 0.717) is 30.9 Å². The molecule has 1 aliphatic rings. The zero-order valence-corrected chi connectivity index (χ0v) is 14.7. The van der Waals surface area contributed by atoms with Gasteiger partial charge in [-0.25, -0.2) is 4.98 Å². The highest BCUT2D eigenvalue weighted by atomic mass is 19.4. The number of aryl methyl sites for hydroxylation is 3. The van der Waals surface area contributed by atoms with Gasteiger partial charge >= 0.3 is 6.18 Å². The van der Waals surface area contributed by atoms with Crippen LogP contribution in [0.25, 0.3) is 0 Å². The molecule has 1 amide bonds. The van der Waals surface area contributed by atoms with Crippen molar-refractivity contribution in [2.75, 3.05) is 31.1 Å². The predicted molar refractivity (Wildman–Crippen MR) is 87.8 cm³/mol. The first kappa shape index (κ1) is 18.2. The monoisotopic (exact) mass is 368 g/mol. The molecule has 7 nitrogen and oxygen atoms in total. The summed E-state index contributed by atoms with van der Waals surface area (Å²) in [5.74, 6) is 0.275. The number of aromatic nitrogens is 4. The molecule has 0 spiro atoms. The summed E-state index contributed by atoms with van der Waals surface area (Å²) in [6.07, 6.45) is -2.85. The zero-order chi connectivity index (χ0) is 19.1. The van der Waals surface area contributed by atoms with Crippen LogP contribution in [0.2, 0.25) is 0 Å². The maximum atomic E-state index is 12.9. The van der Waals surface area contributed by atoms with E-state index in [4.69, 9.17) is 0 Å². The lowest BCUT2D eigenvalue weighted by atomic mass is 10.2. The maximum absolute atomic E-state index is 12.9. The number of carbonyl (C=O) groups is 1. The lowest BCUT2D eigenvalue weighted by Gasteiger charge is -2.35. The van der Waals surface area contributed by atoms with E-state index in [0.717, 1.165) is 23.3 Å². The Balaban J connectivity index is 1.70. The average Bonchev–Trinajstić information content (AvgIpc) is 2.99. The molecule has 0 atom stereocenters. The number of halogens is 3. The topological polar surface area (TPSA) is 67.2 Å². The third-order valence-electron chi connectivity index (χ3n) is 4.31. The van der Waals surface area contributed by atoms with Crippen LogP contribution in [0.15, 0.2) is 12.3 Å². The Morgan fingerprint density at radius 1 is 1.15 bits per heavy atom. The Morgan fingerprint density at radius 2 is 1.81 bits per heavy atom. The minimum atomic E-state index is -4.54. The fourth-order valence-corrected chi connectivity index (χ4v) is 2.94. The van der Waals surface area contributed by atoms with E-state index in [-0.39, 0.29) is 5.69 Å². The summed E-state index contributed by atoms with van der Waals surface area (Å²) in [5.41, 5.74) is 0.470. The van der Waals surface area contributed by atoms with Crippen molar-refractivity contribution in [1.82, 2.24) is 24.6 Å².